The highest BCUT2D eigenvalue weighted by Gasteiger charge is 2.45. The smallest absolute Gasteiger partial charge is 0.339 e. The third-order valence-corrected chi connectivity index (χ3v) is 8.19. The molecule has 6 nitrogen and oxygen atoms in total. The van der Waals surface area contributed by atoms with Crippen LogP contribution in [0, 0.1) is 11.7 Å². The molecule has 4 rings (SSSR count). The molecule has 176 valence electrons. The summed E-state index contributed by atoms with van der Waals surface area (Å²) in [6, 6.07) is 6.89. The number of hydrogen-bond donors (Lipinski definition) is 1. The fourth-order valence-electron chi connectivity index (χ4n) is 4.47. The highest BCUT2D eigenvalue weighted by atomic mass is 32.2. The fraction of sp³-hybridized carbons (Fsp3) is 0.400. The number of fused-ring (bicyclic) bond motifs is 3. The van der Waals surface area contributed by atoms with Gasteiger partial charge in [-0.05, 0) is 60.3 Å². The number of carbonyl (C=O) groups is 1. The van der Waals surface area contributed by atoms with Crippen LogP contribution in [0.2, 0.25) is 0 Å². The maximum Gasteiger partial charge on any atom is 0.339 e. The number of halogens is 1. The van der Waals surface area contributed by atoms with Gasteiger partial charge in [0.2, 0.25) is 0 Å². The summed E-state index contributed by atoms with van der Waals surface area (Å²) in [5, 5.41) is 9.85. The number of rotatable bonds is 9. The molecule has 0 saturated heterocycles. The standard InChI is InChI=1S/C25H28FNO5S/c1-3-27(4-2)11-5-6-16-12-19(26)8-10-22(16)33(30,31)15-17-7-9-20-21-13-18(21)14-32-24(20)23(17)25(28)29/h5-10,12,18,21H,3-4,11,13-15H2,1-2H3,(H,28,29)/b6-5-. The largest absolute Gasteiger partial charge is 0.492 e. The zero-order valence-electron chi connectivity index (χ0n) is 18.8. The van der Waals surface area contributed by atoms with Crippen LogP contribution >= 0.6 is 0 Å². The summed E-state index contributed by atoms with van der Waals surface area (Å²) in [4.78, 5) is 14.2. The lowest BCUT2D eigenvalue weighted by Gasteiger charge is -2.21. The minimum Gasteiger partial charge on any atom is -0.492 e. The predicted molar refractivity (Wildman–Crippen MR) is 124 cm³/mol. The fourth-order valence-corrected chi connectivity index (χ4v) is 6.04. The average Bonchev–Trinajstić information content (AvgIpc) is 3.56. The minimum atomic E-state index is -3.96. The Kier molecular flexibility index (Phi) is 6.59. The lowest BCUT2D eigenvalue weighted by atomic mass is 9.98. The maximum atomic E-state index is 13.9. The molecule has 2 unspecified atom stereocenters. The van der Waals surface area contributed by atoms with E-state index in [0.29, 0.717) is 19.1 Å². The Hall–Kier alpha value is -2.71. The number of hydrogen-bond acceptors (Lipinski definition) is 5. The molecule has 1 saturated carbocycles. The van der Waals surface area contributed by atoms with Crippen molar-refractivity contribution in [3.63, 3.8) is 0 Å². The van der Waals surface area contributed by atoms with E-state index in [-0.39, 0.29) is 33.3 Å². The van der Waals surface area contributed by atoms with E-state index in [0.717, 1.165) is 31.1 Å². The van der Waals surface area contributed by atoms with Crippen LogP contribution in [0.25, 0.3) is 6.08 Å². The summed E-state index contributed by atoms with van der Waals surface area (Å²) in [6.45, 7) is 6.80. The highest BCUT2D eigenvalue weighted by molar-refractivity contribution is 7.90. The molecule has 1 N–H and O–H groups in total. The van der Waals surface area contributed by atoms with Crippen molar-refractivity contribution in [2.24, 2.45) is 5.92 Å². The molecule has 0 radical (unpaired) electrons. The summed E-state index contributed by atoms with van der Waals surface area (Å²) >= 11 is 0. The van der Waals surface area contributed by atoms with Gasteiger partial charge in [-0.15, -0.1) is 0 Å². The van der Waals surface area contributed by atoms with E-state index in [1.807, 2.05) is 19.9 Å². The van der Waals surface area contributed by atoms with Gasteiger partial charge in [-0.3, -0.25) is 0 Å². The van der Waals surface area contributed by atoms with Crippen LogP contribution < -0.4 is 4.74 Å². The van der Waals surface area contributed by atoms with Crippen LogP contribution in [0.5, 0.6) is 5.75 Å². The van der Waals surface area contributed by atoms with E-state index in [9.17, 15) is 22.7 Å². The molecular formula is C25H28FNO5S. The van der Waals surface area contributed by atoms with Gasteiger partial charge < -0.3 is 14.7 Å². The number of carboxylic acids is 1. The molecule has 2 aromatic carbocycles. The van der Waals surface area contributed by atoms with Gasteiger partial charge in [-0.1, -0.05) is 38.1 Å². The van der Waals surface area contributed by atoms with Crippen LogP contribution in [0.15, 0.2) is 41.3 Å². The SMILES string of the molecule is CCN(CC)C/C=C\c1cc(F)ccc1S(=O)(=O)Cc1ccc2c(c1C(=O)O)OCC1CC21. The number of carboxylic acid groups (broad SMARTS) is 1. The normalized spacial score (nSPS) is 19.3. The Morgan fingerprint density at radius 1 is 1.24 bits per heavy atom. The van der Waals surface area contributed by atoms with Gasteiger partial charge in [-0.2, -0.15) is 0 Å². The summed E-state index contributed by atoms with van der Waals surface area (Å²) in [6.07, 6.45) is 4.38. The lowest BCUT2D eigenvalue weighted by Crippen LogP contribution is -2.22. The monoisotopic (exact) mass is 473 g/mol. The van der Waals surface area contributed by atoms with E-state index < -0.39 is 27.4 Å². The maximum absolute atomic E-state index is 13.9. The first-order valence-corrected chi connectivity index (χ1v) is 12.8. The predicted octanol–water partition coefficient (Wildman–Crippen LogP) is 4.35. The van der Waals surface area contributed by atoms with Crippen molar-refractivity contribution in [1.29, 1.82) is 0 Å². The highest BCUT2D eigenvalue weighted by Crippen LogP contribution is 2.55. The number of ether oxygens (including phenoxy) is 1. The molecule has 33 heavy (non-hydrogen) atoms. The molecule has 1 heterocycles. The van der Waals surface area contributed by atoms with Crippen molar-refractivity contribution in [1.82, 2.24) is 4.90 Å². The quantitative estimate of drug-likeness (QED) is 0.545. The zero-order chi connectivity index (χ0) is 23.8. The van der Waals surface area contributed by atoms with Gasteiger partial charge in [0.1, 0.15) is 17.1 Å². The van der Waals surface area contributed by atoms with Crippen LogP contribution in [0.4, 0.5) is 4.39 Å². The summed E-state index contributed by atoms with van der Waals surface area (Å²) in [5.41, 5.74) is 1.16. The van der Waals surface area contributed by atoms with Crippen molar-refractivity contribution >= 4 is 21.9 Å². The molecular weight excluding hydrogens is 445 g/mol. The second kappa shape index (κ2) is 9.27. The molecule has 8 heteroatoms. The van der Waals surface area contributed by atoms with Crippen molar-refractivity contribution in [3.05, 3.63) is 64.5 Å². The van der Waals surface area contributed by atoms with Gasteiger partial charge in [0, 0.05) is 12.5 Å². The van der Waals surface area contributed by atoms with E-state index in [2.05, 4.69) is 4.90 Å². The van der Waals surface area contributed by atoms with Crippen molar-refractivity contribution in [2.45, 2.75) is 36.8 Å². The molecule has 1 aliphatic carbocycles. The first-order chi connectivity index (χ1) is 15.7. The van der Waals surface area contributed by atoms with Gasteiger partial charge in [0.15, 0.2) is 9.84 Å². The Morgan fingerprint density at radius 2 is 2.00 bits per heavy atom. The van der Waals surface area contributed by atoms with Crippen LogP contribution in [0.3, 0.4) is 0 Å². The molecule has 0 spiro atoms. The number of sulfone groups is 1. The molecule has 1 aliphatic heterocycles. The van der Waals surface area contributed by atoms with Crippen molar-refractivity contribution in [2.75, 3.05) is 26.2 Å². The third-order valence-electron chi connectivity index (χ3n) is 6.46. The van der Waals surface area contributed by atoms with Crippen molar-refractivity contribution < 1.29 is 27.4 Å². The van der Waals surface area contributed by atoms with Gasteiger partial charge in [-0.25, -0.2) is 17.6 Å². The molecule has 2 aliphatic rings. The van der Waals surface area contributed by atoms with E-state index >= 15 is 0 Å². The van der Waals surface area contributed by atoms with Gasteiger partial charge in [0.05, 0.1) is 17.3 Å². The Balaban J connectivity index is 1.68. The van der Waals surface area contributed by atoms with Crippen LogP contribution in [0.1, 0.15) is 53.2 Å². The molecule has 0 bridgehead atoms. The third kappa shape index (κ3) is 4.82. The van der Waals surface area contributed by atoms with E-state index in [1.54, 1.807) is 18.2 Å². The van der Waals surface area contributed by atoms with Crippen LogP contribution in [-0.2, 0) is 15.6 Å². The van der Waals surface area contributed by atoms with Gasteiger partial charge >= 0.3 is 5.97 Å². The second-order valence-electron chi connectivity index (χ2n) is 8.57. The average molecular weight is 474 g/mol. The molecule has 0 amide bonds. The molecule has 1 fully saturated rings. The topological polar surface area (TPSA) is 83.9 Å². The number of aromatic carboxylic acids is 1. The zero-order valence-corrected chi connectivity index (χ0v) is 19.6. The second-order valence-corrected chi connectivity index (χ2v) is 10.5. The van der Waals surface area contributed by atoms with Crippen LogP contribution in [-0.4, -0.2) is 50.6 Å². The Morgan fingerprint density at radius 3 is 2.70 bits per heavy atom. The van der Waals surface area contributed by atoms with E-state index in [4.69, 9.17) is 4.74 Å². The summed E-state index contributed by atoms with van der Waals surface area (Å²) < 4.78 is 46.4. The van der Waals surface area contributed by atoms with E-state index in [1.165, 1.54) is 12.1 Å². The summed E-state index contributed by atoms with van der Waals surface area (Å²) in [7, 11) is -3.96. The molecule has 2 atom stereocenters. The van der Waals surface area contributed by atoms with Crippen molar-refractivity contribution in [3.8, 4) is 5.75 Å². The Bertz CT molecular complexity index is 1200. The number of benzene rings is 2. The van der Waals surface area contributed by atoms with Gasteiger partial charge in [0.25, 0.3) is 0 Å². The summed E-state index contributed by atoms with van der Waals surface area (Å²) in [5.74, 6) is -1.27. The number of likely N-dealkylation sites (N-methyl/N-ethyl adjacent to an activating group) is 1. The minimum absolute atomic E-state index is 0.0306. The Labute approximate surface area is 193 Å². The first kappa shape index (κ1) is 23.4. The lowest BCUT2D eigenvalue weighted by molar-refractivity contribution is 0.0690. The first-order valence-electron chi connectivity index (χ1n) is 11.2. The molecule has 0 aromatic heterocycles. The number of nitrogens with zero attached hydrogens (tertiary/aromatic N) is 1. The molecule has 2 aromatic rings.